The minimum atomic E-state index is -3.92. The molecule has 0 fully saturated rings. The van der Waals surface area contributed by atoms with Crippen molar-refractivity contribution in [2.45, 2.75) is 52.7 Å². The summed E-state index contributed by atoms with van der Waals surface area (Å²) in [6.07, 6.45) is -0.849. The molecular formula is C17H27NO5S. The number of amides is 1. The normalized spacial score (nSPS) is 13.4. The van der Waals surface area contributed by atoms with Crippen LogP contribution in [0.15, 0.2) is 24.3 Å². The summed E-state index contributed by atoms with van der Waals surface area (Å²) in [6.45, 7) is 8.30. The van der Waals surface area contributed by atoms with Gasteiger partial charge in [-0.2, -0.15) is 4.31 Å². The largest absolute Gasteiger partial charge is 0.443 e. The van der Waals surface area contributed by atoms with Crippen LogP contribution in [0.5, 0.6) is 0 Å². The molecule has 0 aliphatic rings. The topological polar surface area (TPSA) is 83.9 Å². The molecule has 1 rings (SSSR count). The number of carbonyl (C=O) groups is 1. The molecule has 0 bridgehead atoms. The maximum atomic E-state index is 12.7. The summed E-state index contributed by atoms with van der Waals surface area (Å²) in [4.78, 5) is 12.6. The lowest BCUT2D eigenvalue weighted by atomic mass is 10.0. The first-order valence-corrected chi connectivity index (χ1v) is 9.52. The van der Waals surface area contributed by atoms with E-state index in [1.807, 2.05) is 19.1 Å². The maximum absolute atomic E-state index is 12.7. The molecule has 7 heteroatoms. The maximum Gasteiger partial charge on any atom is 0.424 e. The van der Waals surface area contributed by atoms with Crippen LogP contribution in [0, 0.1) is 6.92 Å². The molecule has 1 N–H and O–H groups in total. The van der Waals surface area contributed by atoms with Gasteiger partial charge >= 0.3 is 6.09 Å². The zero-order chi connectivity index (χ0) is 18.5. The van der Waals surface area contributed by atoms with E-state index in [2.05, 4.69) is 0 Å². The summed E-state index contributed by atoms with van der Waals surface area (Å²) < 4.78 is 31.4. The predicted molar refractivity (Wildman–Crippen MR) is 93.2 cm³/mol. The predicted octanol–water partition coefficient (Wildman–Crippen LogP) is 3.01. The molecule has 0 saturated carbocycles. The van der Waals surface area contributed by atoms with E-state index >= 15 is 0 Å². The molecule has 1 atom stereocenters. The van der Waals surface area contributed by atoms with Crippen molar-refractivity contribution in [2.75, 3.05) is 12.4 Å². The number of ether oxygens (including phenoxy) is 1. The molecule has 0 saturated heterocycles. The summed E-state index contributed by atoms with van der Waals surface area (Å²) >= 11 is 0. The van der Waals surface area contributed by atoms with Gasteiger partial charge in [-0.25, -0.2) is 13.2 Å². The van der Waals surface area contributed by atoms with Gasteiger partial charge in [-0.3, -0.25) is 0 Å². The van der Waals surface area contributed by atoms with Gasteiger partial charge in [0.15, 0.2) is 0 Å². The van der Waals surface area contributed by atoms with Gasteiger partial charge in [-0.1, -0.05) is 24.3 Å². The van der Waals surface area contributed by atoms with Crippen molar-refractivity contribution in [2.24, 2.45) is 0 Å². The van der Waals surface area contributed by atoms with E-state index < -0.39 is 27.8 Å². The Morgan fingerprint density at radius 2 is 1.88 bits per heavy atom. The highest BCUT2D eigenvalue weighted by Crippen LogP contribution is 2.28. The van der Waals surface area contributed by atoms with Crippen LogP contribution >= 0.6 is 0 Å². The Morgan fingerprint density at radius 1 is 1.29 bits per heavy atom. The molecule has 136 valence electrons. The van der Waals surface area contributed by atoms with E-state index in [0.717, 1.165) is 15.4 Å². The van der Waals surface area contributed by atoms with E-state index in [1.54, 1.807) is 39.8 Å². The molecule has 0 aliphatic heterocycles. The molecular weight excluding hydrogens is 330 g/mol. The Labute approximate surface area is 144 Å². The number of sulfonamides is 1. The second-order valence-electron chi connectivity index (χ2n) is 6.70. The van der Waals surface area contributed by atoms with Gasteiger partial charge in [0.1, 0.15) is 5.60 Å². The van der Waals surface area contributed by atoms with E-state index in [-0.39, 0.29) is 18.8 Å². The highest BCUT2D eigenvalue weighted by molar-refractivity contribution is 7.89. The SMILES string of the molecule is Cc1ccccc1[C@@H](C)N(C(=O)OC(C)(C)C)S(=O)(=O)CCCO. The lowest BCUT2D eigenvalue weighted by Crippen LogP contribution is -2.43. The van der Waals surface area contributed by atoms with E-state index in [4.69, 9.17) is 9.84 Å². The van der Waals surface area contributed by atoms with Crippen molar-refractivity contribution < 1.29 is 23.1 Å². The summed E-state index contributed by atoms with van der Waals surface area (Å²) in [5.41, 5.74) is 0.805. The number of carbonyl (C=O) groups excluding carboxylic acids is 1. The third kappa shape index (κ3) is 5.49. The van der Waals surface area contributed by atoms with Crippen molar-refractivity contribution in [1.82, 2.24) is 4.31 Å². The first kappa shape index (κ1) is 20.4. The average molecular weight is 357 g/mol. The van der Waals surface area contributed by atoms with Crippen molar-refractivity contribution >= 4 is 16.1 Å². The molecule has 24 heavy (non-hydrogen) atoms. The Morgan fingerprint density at radius 3 is 2.38 bits per heavy atom. The highest BCUT2D eigenvalue weighted by Gasteiger charge is 2.36. The van der Waals surface area contributed by atoms with Crippen LogP contribution < -0.4 is 0 Å². The van der Waals surface area contributed by atoms with Crippen LogP contribution in [0.1, 0.15) is 51.3 Å². The second kappa shape index (κ2) is 7.98. The Bertz CT molecular complexity index is 664. The van der Waals surface area contributed by atoms with Gasteiger partial charge in [-0.05, 0) is 52.2 Å². The zero-order valence-corrected chi connectivity index (χ0v) is 15.8. The molecule has 1 aromatic rings. The van der Waals surface area contributed by atoms with Crippen molar-refractivity contribution in [1.29, 1.82) is 0 Å². The standard InChI is InChI=1S/C17H27NO5S/c1-13-9-6-7-10-15(13)14(2)18(16(20)23-17(3,4)5)24(21,22)12-8-11-19/h6-7,9-10,14,19H,8,11-12H2,1-5H3/t14-/m1/s1. The summed E-state index contributed by atoms with van der Waals surface area (Å²) in [5.74, 6) is -0.320. The van der Waals surface area contributed by atoms with Crippen LogP contribution in [0.25, 0.3) is 0 Å². The molecule has 1 amide bonds. The Kier molecular flexibility index (Phi) is 6.80. The second-order valence-corrected chi connectivity index (χ2v) is 8.67. The number of hydrogen-bond donors (Lipinski definition) is 1. The third-order valence-electron chi connectivity index (χ3n) is 3.42. The molecule has 0 aromatic heterocycles. The van der Waals surface area contributed by atoms with Gasteiger partial charge in [-0.15, -0.1) is 0 Å². The quantitative estimate of drug-likeness (QED) is 0.846. The minimum Gasteiger partial charge on any atom is -0.443 e. The van der Waals surface area contributed by atoms with Crippen LogP contribution in [0.3, 0.4) is 0 Å². The first-order valence-electron chi connectivity index (χ1n) is 7.91. The van der Waals surface area contributed by atoms with Crippen LogP contribution in [-0.2, 0) is 14.8 Å². The molecule has 6 nitrogen and oxygen atoms in total. The lowest BCUT2D eigenvalue weighted by Gasteiger charge is -2.31. The van der Waals surface area contributed by atoms with Crippen molar-refractivity contribution in [3.05, 3.63) is 35.4 Å². The van der Waals surface area contributed by atoms with Crippen molar-refractivity contribution in [3.63, 3.8) is 0 Å². The highest BCUT2D eigenvalue weighted by atomic mass is 32.2. The van der Waals surface area contributed by atoms with Crippen LogP contribution in [0.2, 0.25) is 0 Å². The molecule has 0 heterocycles. The fraction of sp³-hybridized carbons (Fsp3) is 0.588. The smallest absolute Gasteiger partial charge is 0.424 e. The van der Waals surface area contributed by atoms with E-state index in [9.17, 15) is 13.2 Å². The number of aryl methyl sites for hydroxylation is 1. The van der Waals surface area contributed by atoms with Crippen LogP contribution in [-0.4, -0.2) is 41.9 Å². The number of aliphatic hydroxyl groups excluding tert-OH is 1. The fourth-order valence-corrected chi connectivity index (χ4v) is 3.90. The van der Waals surface area contributed by atoms with Crippen molar-refractivity contribution in [3.8, 4) is 0 Å². The van der Waals surface area contributed by atoms with E-state index in [0.29, 0.717) is 0 Å². The van der Waals surface area contributed by atoms with Gasteiger partial charge in [0, 0.05) is 6.61 Å². The molecule has 0 spiro atoms. The molecule has 0 unspecified atom stereocenters. The Hall–Kier alpha value is -1.60. The Balaban J connectivity index is 3.27. The van der Waals surface area contributed by atoms with Gasteiger partial charge in [0.05, 0.1) is 11.8 Å². The minimum absolute atomic E-state index is 0.0577. The lowest BCUT2D eigenvalue weighted by molar-refractivity contribution is 0.0346. The summed E-state index contributed by atoms with van der Waals surface area (Å²) in [5, 5.41) is 8.94. The number of hydrogen-bond acceptors (Lipinski definition) is 5. The zero-order valence-electron chi connectivity index (χ0n) is 14.9. The third-order valence-corrected chi connectivity index (χ3v) is 5.29. The molecule has 1 aromatic carbocycles. The summed E-state index contributed by atoms with van der Waals surface area (Å²) in [7, 11) is -3.92. The fourth-order valence-electron chi connectivity index (χ4n) is 2.35. The molecule has 0 radical (unpaired) electrons. The van der Waals surface area contributed by atoms with E-state index in [1.165, 1.54) is 0 Å². The number of benzene rings is 1. The molecule has 0 aliphatic carbocycles. The number of nitrogens with zero attached hydrogens (tertiary/aromatic N) is 1. The van der Waals surface area contributed by atoms with Crippen LogP contribution in [0.4, 0.5) is 4.79 Å². The van der Waals surface area contributed by atoms with Gasteiger partial charge in [0.2, 0.25) is 10.0 Å². The number of aliphatic hydroxyl groups is 1. The van der Waals surface area contributed by atoms with Gasteiger partial charge < -0.3 is 9.84 Å². The first-order chi connectivity index (χ1) is 11.0. The number of rotatable bonds is 6. The monoisotopic (exact) mass is 357 g/mol. The van der Waals surface area contributed by atoms with Gasteiger partial charge in [0.25, 0.3) is 0 Å². The summed E-state index contributed by atoms with van der Waals surface area (Å²) in [6, 6.07) is 6.60. The average Bonchev–Trinajstić information content (AvgIpc) is 2.43.